The second-order valence-corrected chi connectivity index (χ2v) is 4.75. The fourth-order valence-electron chi connectivity index (χ4n) is 1.95. The van der Waals surface area contributed by atoms with E-state index in [9.17, 15) is 4.79 Å². The summed E-state index contributed by atoms with van der Waals surface area (Å²) in [5.41, 5.74) is 7.85. The molecule has 0 aliphatic carbocycles. The number of carbonyl (C=O) groups is 1. The van der Waals surface area contributed by atoms with Crippen molar-refractivity contribution in [3.63, 3.8) is 0 Å². The molecule has 5 nitrogen and oxygen atoms in total. The summed E-state index contributed by atoms with van der Waals surface area (Å²) < 4.78 is 5.39. The summed E-state index contributed by atoms with van der Waals surface area (Å²) in [6.07, 6.45) is 2.17. The SMILES string of the molecule is CCCCOCCNC(=O)c1cc2cc(N)ccc2[nH]1. The number of rotatable bonds is 7. The number of aromatic amines is 1. The van der Waals surface area contributed by atoms with Crippen LogP contribution in [0.5, 0.6) is 0 Å². The molecule has 0 saturated carbocycles. The molecule has 0 saturated heterocycles. The van der Waals surface area contributed by atoms with Crippen molar-refractivity contribution in [2.24, 2.45) is 0 Å². The van der Waals surface area contributed by atoms with E-state index in [4.69, 9.17) is 10.5 Å². The van der Waals surface area contributed by atoms with Crippen molar-refractivity contribution in [3.8, 4) is 0 Å². The number of H-pyrrole nitrogens is 1. The number of hydrogen-bond acceptors (Lipinski definition) is 3. The van der Waals surface area contributed by atoms with Gasteiger partial charge in [-0.3, -0.25) is 4.79 Å². The second-order valence-electron chi connectivity index (χ2n) is 4.75. The first-order chi connectivity index (χ1) is 9.70. The minimum Gasteiger partial charge on any atom is -0.399 e. The number of fused-ring (bicyclic) bond motifs is 1. The van der Waals surface area contributed by atoms with Gasteiger partial charge in [0, 0.05) is 29.7 Å². The predicted octanol–water partition coefficient (Wildman–Crippen LogP) is 2.30. The lowest BCUT2D eigenvalue weighted by molar-refractivity contribution is 0.0909. The van der Waals surface area contributed by atoms with Crippen LogP contribution in [0.15, 0.2) is 24.3 Å². The highest BCUT2D eigenvalue weighted by atomic mass is 16.5. The van der Waals surface area contributed by atoms with Crippen LogP contribution in [0.2, 0.25) is 0 Å². The summed E-state index contributed by atoms with van der Waals surface area (Å²) in [5.74, 6) is -0.126. The Morgan fingerprint density at radius 3 is 3.00 bits per heavy atom. The van der Waals surface area contributed by atoms with Crippen molar-refractivity contribution in [3.05, 3.63) is 30.0 Å². The van der Waals surface area contributed by atoms with Gasteiger partial charge in [-0.1, -0.05) is 13.3 Å². The highest BCUT2D eigenvalue weighted by Crippen LogP contribution is 2.18. The van der Waals surface area contributed by atoms with Crippen LogP contribution >= 0.6 is 0 Å². The molecule has 2 rings (SSSR count). The summed E-state index contributed by atoms with van der Waals surface area (Å²) in [7, 11) is 0. The largest absolute Gasteiger partial charge is 0.399 e. The lowest BCUT2D eigenvalue weighted by Crippen LogP contribution is -2.27. The quantitative estimate of drug-likeness (QED) is 0.536. The molecule has 0 radical (unpaired) electrons. The molecule has 0 unspecified atom stereocenters. The zero-order valence-corrected chi connectivity index (χ0v) is 11.7. The van der Waals surface area contributed by atoms with Crippen LogP contribution in [0.1, 0.15) is 30.3 Å². The highest BCUT2D eigenvalue weighted by molar-refractivity contribution is 5.98. The number of ether oxygens (including phenoxy) is 1. The number of hydrogen-bond donors (Lipinski definition) is 3. The molecule has 0 aliphatic heterocycles. The Hall–Kier alpha value is -2.01. The molecule has 0 fully saturated rings. The molecule has 1 heterocycles. The smallest absolute Gasteiger partial charge is 0.267 e. The number of anilines is 1. The molecule has 5 heteroatoms. The van der Waals surface area contributed by atoms with E-state index in [0.29, 0.717) is 24.5 Å². The van der Waals surface area contributed by atoms with E-state index in [1.54, 1.807) is 6.07 Å². The summed E-state index contributed by atoms with van der Waals surface area (Å²) in [6.45, 7) is 3.92. The number of unbranched alkanes of at least 4 members (excludes halogenated alkanes) is 1. The average Bonchev–Trinajstić information content (AvgIpc) is 2.85. The van der Waals surface area contributed by atoms with Gasteiger partial charge in [-0.05, 0) is 30.7 Å². The highest BCUT2D eigenvalue weighted by Gasteiger charge is 2.08. The Morgan fingerprint density at radius 1 is 1.35 bits per heavy atom. The fourth-order valence-corrected chi connectivity index (χ4v) is 1.95. The molecule has 20 heavy (non-hydrogen) atoms. The molecule has 4 N–H and O–H groups in total. The Labute approximate surface area is 118 Å². The van der Waals surface area contributed by atoms with Crippen LogP contribution in [-0.2, 0) is 4.74 Å². The van der Waals surface area contributed by atoms with Crippen molar-refractivity contribution >= 4 is 22.5 Å². The fraction of sp³-hybridized carbons (Fsp3) is 0.400. The molecular weight excluding hydrogens is 254 g/mol. The Kier molecular flexibility index (Phi) is 5.01. The molecule has 1 aromatic heterocycles. The number of nitrogens with two attached hydrogens (primary N) is 1. The van der Waals surface area contributed by atoms with Crippen LogP contribution in [0, 0.1) is 0 Å². The van der Waals surface area contributed by atoms with Gasteiger partial charge >= 0.3 is 0 Å². The van der Waals surface area contributed by atoms with Crippen molar-refractivity contribution in [1.82, 2.24) is 10.3 Å². The van der Waals surface area contributed by atoms with Gasteiger partial charge in [0.1, 0.15) is 5.69 Å². The summed E-state index contributed by atoms with van der Waals surface area (Å²) in [6, 6.07) is 7.33. The summed E-state index contributed by atoms with van der Waals surface area (Å²) >= 11 is 0. The number of amides is 1. The van der Waals surface area contributed by atoms with E-state index in [0.717, 1.165) is 30.4 Å². The maximum atomic E-state index is 12.0. The first-order valence-corrected chi connectivity index (χ1v) is 6.95. The van der Waals surface area contributed by atoms with Crippen molar-refractivity contribution in [1.29, 1.82) is 0 Å². The number of benzene rings is 1. The monoisotopic (exact) mass is 275 g/mol. The molecule has 0 aliphatic rings. The van der Waals surface area contributed by atoms with Gasteiger partial charge in [-0.15, -0.1) is 0 Å². The van der Waals surface area contributed by atoms with Crippen molar-refractivity contribution < 1.29 is 9.53 Å². The normalized spacial score (nSPS) is 10.8. The summed E-state index contributed by atoms with van der Waals surface area (Å²) in [5, 5.41) is 3.76. The average molecular weight is 275 g/mol. The number of carbonyl (C=O) groups excluding carboxylic acids is 1. The zero-order chi connectivity index (χ0) is 14.4. The van der Waals surface area contributed by atoms with Gasteiger partial charge in [0.25, 0.3) is 5.91 Å². The molecular formula is C15H21N3O2. The molecule has 108 valence electrons. The van der Waals surface area contributed by atoms with Crippen LogP contribution in [0.25, 0.3) is 10.9 Å². The lowest BCUT2D eigenvalue weighted by Gasteiger charge is -2.04. The first kappa shape index (κ1) is 14.4. The Bertz CT molecular complexity index is 578. The van der Waals surface area contributed by atoms with Gasteiger partial charge in [0.05, 0.1) is 6.61 Å². The van der Waals surface area contributed by atoms with Gasteiger partial charge in [-0.25, -0.2) is 0 Å². The molecule has 2 aromatic rings. The van der Waals surface area contributed by atoms with E-state index in [1.807, 2.05) is 18.2 Å². The van der Waals surface area contributed by atoms with Crippen LogP contribution in [-0.4, -0.2) is 30.6 Å². The third-order valence-corrected chi connectivity index (χ3v) is 3.06. The first-order valence-electron chi connectivity index (χ1n) is 6.95. The number of nitrogens with one attached hydrogen (secondary N) is 2. The van der Waals surface area contributed by atoms with Crippen LogP contribution in [0.4, 0.5) is 5.69 Å². The topological polar surface area (TPSA) is 80.1 Å². The summed E-state index contributed by atoms with van der Waals surface area (Å²) in [4.78, 5) is 15.0. The van der Waals surface area contributed by atoms with E-state index >= 15 is 0 Å². The van der Waals surface area contributed by atoms with Gasteiger partial charge in [-0.2, -0.15) is 0 Å². The Morgan fingerprint density at radius 2 is 2.20 bits per heavy atom. The maximum absolute atomic E-state index is 12.0. The van der Waals surface area contributed by atoms with Crippen molar-refractivity contribution in [2.75, 3.05) is 25.5 Å². The minimum absolute atomic E-state index is 0.126. The van der Waals surface area contributed by atoms with Crippen LogP contribution < -0.4 is 11.1 Å². The molecule has 0 bridgehead atoms. The van der Waals surface area contributed by atoms with Crippen LogP contribution in [0.3, 0.4) is 0 Å². The third kappa shape index (κ3) is 3.74. The molecule has 0 spiro atoms. The standard InChI is InChI=1S/C15H21N3O2/c1-2-3-7-20-8-6-17-15(19)14-10-11-9-12(16)4-5-13(11)18-14/h4-5,9-10,18H,2-3,6-8,16H2,1H3,(H,17,19). The van der Waals surface area contributed by atoms with Crippen molar-refractivity contribution in [2.45, 2.75) is 19.8 Å². The maximum Gasteiger partial charge on any atom is 0.267 e. The van der Waals surface area contributed by atoms with E-state index in [-0.39, 0.29) is 5.91 Å². The van der Waals surface area contributed by atoms with E-state index in [1.165, 1.54) is 0 Å². The number of nitrogen functional groups attached to an aromatic ring is 1. The third-order valence-electron chi connectivity index (χ3n) is 3.06. The second kappa shape index (κ2) is 6.96. The minimum atomic E-state index is -0.126. The molecule has 0 atom stereocenters. The van der Waals surface area contributed by atoms with Gasteiger partial charge < -0.3 is 20.8 Å². The van der Waals surface area contributed by atoms with Gasteiger partial charge in [0.2, 0.25) is 0 Å². The zero-order valence-electron chi connectivity index (χ0n) is 11.7. The molecule has 1 aromatic carbocycles. The van der Waals surface area contributed by atoms with E-state index in [2.05, 4.69) is 17.2 Å². The van der Waals surface area contributed by atoms with E-state index < -0.39 is 0 Å². The number of aromatic nitrogens is 1. The predicted molar refractivity (Wildman–Crippen MR) is 80.8 cm³/mol. The van der Waals surface area contributed by atoms with Gasteiger partial charge in [0.15, 0.2) is 0 Å². The lowest BCUT2D eigenvalue weighted by atomic mass is 10.2. The Balaban J connectivity index is 1.85. The molecule has 1 amide bonds.